The predicted molar refractivity (Wildman–Crippen MR) is 120 cm³/mol. The summed E-state index contributed by atoms with van der Waals surface area (Å²) < 4.78 is 1.75. The summed E-state index contributed by atoms with van der Waals surface area (Å²) in [4.78, 5) is 19.3. The number of nitrogens with one attached hydrogen (secondary N) is 1. The second-order valence-electron chi connectivity index (χ2n) is 7.05. The Bertz CT molecular complexity index is 1170. The molecule has 1 aromatic carbocycles. The molecular formula is C23H24N4OS. The molecule has 4 rings (SSSR count). The number of aromatic nitrogens is 3. The number of carbonyl (C=O) groups is 1. The van der Waals surface area contributed by atoms with Gasteiger partial charge in [0.05, 0.1) is 27.2 Å². The van der Waals surface area contributed by atoms with Crippen molar-refractivity contribution in [3.05, 3.63) is 64.2 Å². The molecule has 3 aromatic heterocycles. The third kappa shape index (κ3) is 3.44. The number of carbonyl (C=O) groups excluding carboxylic acids is 1. The number of aryl methyl sites for hydroxylation is 4. The van der Waals surface area contributed by atoms with Gasteiger partial charge in [0.2, 0.25) is 0 Å². The van der Waals surface area contributed by atoms with Gasteiger partial charge in [-0.15, -0.1) is 11.3 Å². The number of nitrogens with zero attached hydrogens (tertiary/aromatic N) is 3. The summed E-state index contributed by atoms with van der Waals surface area (Å²) in [6, 6.07) is 12.1. The molecule has 29 heavy (non-hydrogen) atoms. The Labute approximate surface area is 174 Å². The second kappa shape index (κ2) is 7.79. The molecule has 1 N–H and O–H groups in total. The van der Waals surface area contributed by atoms with E-state index in [0.29, 0.717) is 5.56 Å². The average Bonchev–Trinajstić information content (AvgIpc) is 3.36. The zero-order valence-corrected chi connectivity index (χ0v) is 17.9. The zero-order chi connectivity index (χ0) is 20.5. The van der Waals surface area contributed by atoms with Gasteiger partial charge in [0.25, 0.3) is 5.91 Å². The van der Waals surface area contributed by atoms with Crippen LogP contribution < -0.4 is 5.32 Å². The van der Waals surface area contributed by atoms with Gasteiger partial charge in [-0.25, -0.2) is 4.98 Å². The number of thiophene rings is 1. The number of pyridine rings is 1. The van der Waals surface area contributed by atoms with Crippen LogP contribution in [0.4, 0.5) is 5.69 Å². The number of benzene rings is 1. The molecule has 4 aromatic rings. The molecule has 3 heterocycles. The summed E-state index contributed by atoms with van der Waals surface area (Å²) >= 11 is 1.61. The molecule has 0 atom stereocenters. The van der Waals surface area contributed by atoms with Crippen LogP contribution >= 0.6 is 11.3 Å². The molecule has 0 fully saturated rings. The van der Waals surface area contributed by atoms with Crippen molar-refractivity contribution in [1.82, 2.24) is 14.8 Å². The maximum absolute atomic E-state index is 13.5. The normalized spacial score (nSPS) is 11.2. The lowest BCUT2D eigenvalue weighted by molar-refractivity contribution is 0.102. The van der Waals surface area contributed by atoms with E-state index in [1.54, 1.807) is 16.0 Å². The topological polar surface area (TPSA) is 59.8 Å². The Morgan fingerprint density at radius 3 is 2.48 bits per heavy atom. The summed E-state index contributed by atoms with van der Waals surface area (Å²) in [5.41, 5.74) is 6.13. The first-order chi connectivity index (χ1) is 14.0. The zero-order valence-electron chi connectivity index (χ0n) is 17.1. The Morgan fingerprint density at radius 2 is 1.86 bits per heavy atom. The lowest BCUT2D eigenvalue weighted by Gasteiger charge is -2.15. The van der Waals surface area contributed by atoms with Gasteiger partial charge in [0.1, 0.15) is 0 Å². The average molecular weight is 405 g/mol. The number of para-hydroxylation sites is 1. The molecule has 6 heteroatoms. The minimum Gasteiger partial charge on any atom is -0.321 e. The Kier molecular flexibility index (Phi) is 5.20. The number of fused-ring (bicyclic) bond motifs is 1. The first kappa shape index (κ1) is 19.3. The molecule has 0 aliphatic carbocycles. The van der Waals surface area contributed by atoms with Crippen LogP contribution in [-0.4, -0.2) is 20.7 Å². The van der Waals surface area contributed by atoms with Crippen LogP contribution in [0.2, 0.25) is 0 Å². The first-order valence-electron chi connectivity index (χ1n) is 9.83. The van der Waals surface area contributed by atoms with Crippen molar-refractivity contribution in [2.24, 2.45) is 7.05 Å². The molecule has 0 saturated heterocycles. The Morgan fingerprint density at radius 1 is 1.14 bits per heavy atom. The van der Waals surface area contributed by atoms with Gasteiger partial charge in [-0.2, -0.15) is 5.10 Å². The van der Waals surface area contributed by atoms with Crippen molar-refractivity contribution < 1.29 is 4.79 Å². The third-order valence-electron chi connectivity index (χ3n) is 5.22. The molecule has 0 aliphatic rings. The number of hydrogen-bond acceptors (Lipinski definition) is 4. The number of anilines is 1. The maximum atomic E-state index is 13.5. The molecule has 0 aliphatic heterocycles. The number of rotatable bonds is 5. The molecule has 1 amide bonds. The van der Waals surface area contributed by atoms with E-state index in [2.05, 4.69) is 42.5 Å². The van der Waals surface area contributed by atoms with Crippen molar-refractivity contribution in [3.8, 4) is 10.6 Å². The summed E-state index contributed by atoms with van der Waals surface area (Å²) in [5, 5.41) is 10.5. The van der Waals surface area contributed by atoms with E-state index in [0.717, 1.165) is 57.0 Å². The van der Waals surface area contributed by atoms with Crippen LogP contribution in [0.25, 0.3) is 21.6 Å². The second-order valence-corrected chi connectivity index (χ2v) is 8.00. The van der Waals surface area contributed by atoms with E-state index in [9.17, 15) is 4.79 Å². The molecule has 0 spiro atoms. The van der Waals surface area contributed by atoms with Crippen molar-refractivity contribution in [2.45, 2.75) is 33.6 Å². The Balaban J connectivity index is 1.86. The van der Waals surface area contributed by atoms with E-state index in [4.69, 9.17) is 4.98 Å². The molecule has 0 saturated carbocycles. The summed E-state index contributed by atoms with van der Waals surface area (Å²) in [7, 11) is 1.86. The standard InChI is InChI=1S/C23H24N4OS/c1-5-15-9-7-10-16(6-2)21(15)25-23(28)17-13-18(19-11-8-12-29-19)24-22-20(17)14(3)26-27(22)4/h7-13H,5-6H2,1-4H3,(H,25,28). The molecule has 0 bridgehead atoms. The van der Waals surface area contributed by atoms with Gasteiger partial charge in [0.15, 0.2) is 5.65 Å². The van der Waals surface area contributed by atoms with Gasteiger partial charge in [0, 0.05) is 12.7 Å². The third-order valence-corrected chi connectivity index (χ3v) is 6.12. The molecule has 5 nitrogen and oxygen atoms in total. The van der Waals surface area contributed by atoms with Crippen LogP contribution in [0.5, 0.6) is 0 Å². The van der Waals surface area contributed by atoms with Crippen LogP contribution in [0.15, 0.2) is 41.8 Å². The fourth-order valence-corrected chi connectivity index (χ4v) is 4.44. The van der Waals surface area contributed by atoms with Crippen molar-refractivity contribution in [2.75, 3.05) is 5.32 Å². The lowest BCUT2D eigenvalue weighted by Crippen LogP contribution is -2.16. The summed E-state index contributed by atoms with van der Waals surface area (Å²) in [5.74, 6) is -0.123. The van der Waals surface area contributed by atoms with E-state index < -0.39 is 0 Å². The number of amides is 1. The fourth-order valence-electron chi connectivity index (χ4n) is 3.76. The smallest absolute Gasteiger partial charge is 0.256 e. The van der Waals surface area contributed by atoms with Gasteiger partial charge in [-0.3, -0.25) is 9.48 Å². The highest BCUT2D eigenvalue weighted by Crippen LogP contribution is 2.30. The first-order valence-corrected chi connectivity index (χ1v) is 10.7. The van der Waals surface area contributed by atoms with Gasteiger partial charge in [-0.05, 0) is 48.4 Å². The Hall–Kier alpha value is -2.99. The minimum atomic E-state index is -0.123. The summed E-state index contributed by atoms with van der Waals surface area (Å²) in [6.07, 6.45) is 1.73. The highest BCUT2D eigenvalue weighted by molar-refractivity contribution is 7.13. The molecule has 0 unspecified atom stereocenters. The van der Waals surface area contributed by atoms with Crippen molar-refractivity contribution in [1.29, 1.82) is 0 Å². The molecule has 0 radical (unpaired) electrons. The van der Waals surface area contributed by atoms with Crippen LogP contribution in [0.1, 0.15) is 41.0 Å². The van der Waals surface area contributed by atoms with Gasteiger partial charge >= 0.3 is 0 Å². The monoisotopic (exact) mass is 404 g/mol. The van der Waals surface area contributed by atoms with E-state index in [1.165, 1.54) is 0 Å². The van der Waals surface area contributed by atoms with Crippen LogP contribution in [0.3, 0.4) is 0 Å². The van der Waals surface area contributed by atoms with E-state index >= 15 is 0 Å². The minimum absolute atomic E-state index is 0.123. The van der Waals surface area contributed by atoms with E-state index in [1.807, 2.05) is 37.6 Å². The SMILES string of the molecule is CCc1cccc(CC)c1NC(=O)c1cc(-c2cccs2)nc2c1c(C)nn2C. The molecular weight excluding hydrogens is 380 g/mol. The lowest BCUT2D eigenvalue weighted by atomic mass is 10.0. The predicted octanol–water partition coefficient (Wildman–Crippen LogP) is 5.38. The highest BCUT2D eigenvalue weighted by Gasteiger charge is 2.21. The van der Waals surface area contributed by atoms with E-state index in [-0.39, 0.29) is 5.91 Å². The summed E-state index contributed by atoms with van der Waals surface area (Å²) in [6.45, 7) is 6.13. The van der Waals surface area contributed by atoms with Crippen LogP contribution in [0, 0.1) is 6.92 Å². The van der Waals surface area contributed by atoms with Gasteiger partial charge < -0.3 is 5.32 Å². The maximum Gasteiger partial charge on any atom is 0.256 e. The van der Waals surface area contributed by atoms with Crippen molar-refractivity contribution >= 4 is 34.0 Å². The van der Waals surface area contributed by atoms with Crippen LogP contribution in [-0.2, 0) is 19.9 Å². The van der Waals surface area contributed by atoms with Gasteiger partial charge in [-0.1, -0.05) is 38.1 Å². The highest BCUT2D eigenvalue weighted by atomic mass is 32.1. The number of hydrogen-bond donors (Lipinski definition) is 1. The quantitative estimate of drug-likeness (QED) is 0.486. The fraction of sp³-hybridized carbons (Fsp3) is 0.261. The largest absolute Gasteiger partial charge is 0.321 e. The molecule has 148 valence electrons. The van der Waals surface area contributed by atoms with Crippen molar-refractivity contribution in [3.63, 3.8) is 0 Å².